The van der Waals surface area contributed by atoms with Gasteiger partial charge in [0, 0.05) is 9.79 Å². The van der Waals surface area contributed by atoms with E-state index >= 15 is 0 Å². The van der Waals surface area contributed by atoms with E-state index in [1.165, 1.54) is 0 Å². The molecule has 0 bridgehead atoms. The first kappa shape index (κ1) is 25.9. The van der Waals surface area contributed by atoms with Crippen molar-refractivity contribution in [2.75, 3.05) is 13.2 Å². The molecule has 2 rings (SSSR count). The molecule has 0 saturated carbocycles. The highest BCUT2D eigenvalue weighted by Gasteiger charge is 2.32. The number of benzene rings is 2. The minimum atomic E-state index is -1.05. The molecule has 0 atom stereocenters. The number of carbonyl (C=O) groups is 2. The SMILES string of the molecule is CCOC(=O)C(C)(C)Oc1ccc(SSc2ccc(OC(C)(C)C(=O)OCC)cc2)cc1. The molecule has 0 unspecified atom stereocenters. The molecule has 32 heavy (non-hydrogen) atoms. The molecule has 0 spiro atoms. The van der Waals surface area contributed by atoms with Crippen molar-refractivity contribution in [2.24, 2.45) is 0 Å². The molecule has 8 heteroatoms. The van der Waals surface area contributed by atoms with Crippen LogP contribution in [0.2, 0.25) is 0 Å². The first-order chi connectivity index (χ1) is 15.1. The summed E-state index contributed by atoms with van der Waals surface area (Å²) in [6, 6.07) is 15.1. The van der Waals surface area contributed by atoms with Crippen molar-refractivity contribution in [3.63, 3.8) is 0 Å². The van der Waals surface area contributed by atoms with Crippen LogP contribution in [-0.4, -0.2) is 36.4 Å². The molecule has 0 N–H and O–H groups in total. The smallest absolute Gasteiger partial charge is 0.349 e. The highest BCUT2D eigenvalue weighted by Crippen LogP contribution is 2.38. The van der Waals surface area contributed by atoms with Gasteiger partial charge in [0.25, 0.3) is 0 Å². The fourth-order valence-corrected chi connectivity index (χ4v) is 4.44. The molecule has 0 aliphatic heterocycles. The normalized spacial score (nSPS) is 11.6. The average Bonchev–Trinajstić information content (AvgIpc) is 2.74. The van der Waals surface area contributed by atoms with Gasteiger partial charge in [-0.25, -0.2) is 9.59 Å². The summed E-state index contributed by atoms with van der Waals surface area (Å²) >= 11 is 0. The van der Waals surface area contributed by atoms with Gasteiger partial charge < -0.3 is 18.9 Å². The quantitative estimate of drug-likeness (QED) is 0.291. The summed E-state index contributed by atoms with van der Waals surface area (Å²) < 4.78 is 21.7. The number of esters is 2. The molecule has 0 fully saturated rings. The van der Waals surface area contributed by atoms with Crippen LogP contribution in [0.25, 0.3) is 0 Å². The summed E-state index contributed by atoms with van der Waals surface area (Å²) in [5, 5.41) is 0. The lowest BCUT2D eigenvalue weighted by atomic mass is 10.1. The maximum Gasteiger partial charge on any atom is 0.349 e. The average molecular weight is 479 g/mol. The van der Waals surface area contributed by atoms with Gasteiger partial charge in [-0.1, -0.05) is 21.6 Å². The zero-order valence-corrected chi connectivity index (χ0v) is 20.9. The number of hydrogen-bond acceptors (Lipinski definition) is 8. The van der Waals surface area contributed by atoms with E-state index in [1.54, 1.807) is 63.1 Å². The summed E-state index contributed by atoms with van der Waals surface area (Å²) in [4.78, 5) is 26.0. The second kappa shape index (κ2) is 11.5. The molecule has 0 heterocycles. The van der Waals surface area contributed by atoms with Crippen molar-refractivity contribution in [2.45, 2.75) is 62.5 Å². The van der Waals surface area contributed by atoms with Gasteiger partial charge in [0.15, 0.2) is 11.2 Å². The van der Waals surface area contributed by atoms with Crippen LogP contribution in [0.15, 0.2) is 58.3 Å². The van der Waals surface area contributed by atoms with Crippen LogP contribution < -0.4 is 9.47 Å². The molecule has 0 saturated heterocycles. The topological polar surface area (TPSA) is 71.1 Å². The predicted octanol–water partition coefficient (Wildman–Crippen LogP) is 5.93. The largest absolute Gasteiger partial charge is 0.476 e. The van der Waals surface area contributed by atoms with Gasteiger partial charge in [-0.2, -0.15) is 0 Å². The van der Waals surface area contributed by atoms with Crippen molar-refractivity contribution in [1.29, 1.82) is 0 Å². The zero-order chi connectivity index (χ0) is 23.8. The van der Waals surface area contributed by atoms with Crippen LogP contribution in [0.1, 0.15) is 41.5 Å². The molecule has 0 aromatic heterocycles. The lowest BCUT2D eigenvalue weighted by molar-refractivity contribution is -0.159. The molecule has 0 aliphatic rings. The first-order valence-electron chi connectivity index (χ1n) is 10.3. The second-order valence-corrected chi connectivity index (χ2v) is 10.1. The summed E-state index contributed by atoms with van der Waals surface area (Å²) in [6.45, 7) is 10.9. The zero-order valence-electron chi connectivity index (χ0n) is 19.3. The Morgan fingerprint density at radius 1 is 0.656 bits per heavy atom. The summed E-state index contributed by atoms with van der Waals surface area (Å²) in [5.74, 6) is 0.408. The fraction of sp³-hybridized carbons (Fsp3) is 0.417. The summed E-state index contributed by atoms with van der Waals surface area (Å²) in [6.07, 6.45) is 0. The minimum absolute atomic E-state index is 0.314. The van der Waals surface area contributed by atoms with Crippen LogP contribution in [-0.2, 0) is 19.1 Å². The molecule has 0 amide bonds. The Kier molecular flexibility index (Phi) is 9.33. The molecule has 2 aromatic rings. The highest BCUT2D eigenvalue weighted by molar-refractivity contribution is 8.76. The van der Waals surface area contributed by atoms with E-state index < -0.39 is 23.1 Å². The van der Waals surface area contributed by atoms with Crippen LogP contribution in [0.4, 0.5) is 0 Å². The number of hydrogen-bond donors (Lipinski definition) is 0. The van der Waals surface area contributed by atoms with E-state index in [0.29, 0.717) is 24.7 Å². The van der Waals surface area contributed by atoms with E-state index in [0.717, 1.165) is 9.79 Å². The number of carbonyl (C=O) groups excluding carboxylic acids is 2. The van der Waals surface area contributed by atoms with Gasteiger partial charge in [0.2, 0.25) is 0 Å². The van der Waals surface area contributed by atoms with Crippen molar-refractivity contribution in [3.8, 4) is 11.5 Å². The maximum absolute atomic E-state index is 12.0. The highest BCUT2D eigenvalue weighted by atomic mass is 33.1. The Balaban J connectivity index is 1.90. The molecule has 174 valence electrons. The summed E-state index contributed by atoms with van der Waals surface area (Å²) in [5.41, 5.74) is -2.10. The maximum atomic E-state index is 12.0. The lowest BCUT2D eigenvalue weighted by Crippen LogP contribution is -2.39. The monoisotopic (exact) mass is 478 g/mol. The fourth-order valence-electron chi connectivity index (χ4n) is 2.51. The van der Waals surface area contributed by atoms with Crippen LogP contribution in [0.3, 0.4) is 0 Å². The van der Waals surface area contributed by atoms with E-state index in [2.05, 4.69) is 0 Å². The van der Waals surface area contributed by atoms with E-state index in [1.807, 2.05) is 48.5 Å². The van der Waals surface area contributed by atoms with Gasteiger partial charge in [-0.05, 0) is 90.1 Å². The van der Waals surface area contributed by atoms with Crippen LogP contribution >= 0.6 is 21.6 Å². The van der Waals surface area contributed by atoms with Gasteiger partial charge >= 0.3 is 11.9 Å². The Morgan fingerprint density at radius 2 is 0.969 bits per heavy atom. The molecule has 0 radical (unpaired) electrons. The minimum Gasteiger partial charge on any atom is -0.476 e. The third-order valence-electron chi connectivity index (χ3n) is 4.16. The molecular formula is C24H30O6S2. The van der Waals surface area contributed by atoms with E-state index in [9.17, 15) is 9.59 Å². The molecular weight excluding hydrogens is 448 g/mol. The summed E-state index contributed by atoms with van der Waals surface area (Å²) in [7, 11) is 3.20. The third kappa shape index (κ3) is 7.67. The van der Waals surface area contributed by atoms with Gasteiger partial charge in [-0.3, -0.25) is 0 Å². The number of rotatable bonds is 11. The van der Waals surface area contributed by atoms with Crippen LogP contribution in [0, 0.1) is 0 Å². The Morgan fingerprint density at radius 3 is 1.25 bits per heavy atom. The van der Waals surface area contributed by atoms with E-state index in [-0.39, 0.29) is 0 Å². The van der Waals surface area contributed by atoms with Crippen molar-refractivity contribution in [3.05, 3.63) is 48.5 Å². The third-order valence-corrected chi connectivity index (χ3v) is 6.58. The first-order valence-corrected chi connectivity index (χ1v) is 12.5. The second-order valence-electron chi connectivity index (χ2n) is 7.78. The Labute approximate surface area is 197 Å². The van der Waals surface area contributed by atoms with E-state index in [4.69, 9.17) is 18.9 Å². The van der Waals surface area contributed by atoms with Crippen molar-refractivity contribution < 1.29 is 28.5 Å². The number of ether oxygens (including phenoxy) is 4. The Bertz CT molecular complexity index is 816. The Hall–Kier alpha value is -2.32. The molecule has 0 aliphatic carbocycles. The van der Waals surface area contributed by atoms with Gasteiger partial charge in [-0.15, -0.1) is 0 Å². The molecule has 6 nitrogen and oxygen atoms in total. The van der Waals surface area contributed by atoms with Gasteiger partial charge in [0.05, 0.1) is 13.2 Å². The van der Waals surface area contributed by atoms with Crippen LogP contribution in [0.5, 0.6) is 11.5 Å². The predicted molar refractivity (Wildman–Crippen MR) is 127 cm³/mol. The lowest BCUT2D eigenvalue weighted by Gasteiger charge is -2.24. The molecule has 2 aromatic carbocycles. The van der Waals surface area contributed by atoms with Gasteiger partial charge in [0.1, 0.15) is 11.5 Å². The standard InChI is InChI=1S/C24H30O6S2/c1-7-27-21(25)23(3,4)29-17-9-13-19(14-10-17)31-32-20-15-11-18(12-16-20)30-24(5,6)22(26)28-8-2/h9-16H,7-8H2,1-6H3. The van der Waals surface area contributed by atoms with Crippen molar-refractivity contribution in [1.82, 2.24) is 0 Å². The van der Waals surface area contributed by atoms with Crippen molar-refractivity contribution >= 4 is 33.5 Å².